The molecule has 4 heteroatoms. The fraction of sp³-hybridized carbons (Fsp3) is 0. The largest absolute Gasteiger partial charge is 0.467 e. The molecule has 0 spiro atoms. The molecule has 1 aliphatic rings. The average molecular weight is 208 g/mol. The Morgan fingerprint density at radius 3 is 1.31 bits per heavy atom. The molecule has 16 heavy (non-hydrogen) atoms. The predicted molar refractivity (Wildman–Crippen MR) is 65.8 cm³/mol. The van der Waals surface area contributed by atoms with Crippen LogP contribution in [0.4, 0.5) is 0 Å². The molecule has 3 rings (SSSR count). The maximum Gasteiger partial charge on any atom is 0.467 e. The van der Waals surface area contributed by atoms with Crippen molar-refractivity contribution in [1.29, 1.82) is 0 Å². The summed E-state index contributed by atoms with van der Waals surface area (Å²) in [5, 5.41) is 0. The molecule has 0 N–H and O–H groups in total. The lowest BCUT2D eigenvalue weighted by atomic mass is 9.61. The second-order valence-electron chi connectivity index (χ2n) is 3.76. The van der Waals surface area contributed by atoms with Crippen molar-refractivity contribution >= 4 is 25.2 Å². The number of hydrogen-bond donors (Lipinski definition) is 0. The van der Waals surface area contributed by atoms with E-state index in [2.05, 4.69) is 0 Å². The van der Waals surface area contributed by atoms with Crippen LogP contribution in [0.5, 0.6) is 0 Å². The van der Waals surface area contributed by atoms with Crippen LogP contribution in [0.15, 0.2) is 60.7 Å². The van der Waals surface area contributed by atoms with Crippen LogP contribution in [-0.4, -0.2) is 14.2 Å². The van der Waals surface area contributed by atoms with E-state index in [1.807, 2.05) is 60.7 Å². The maximum atomic E-state index is 5.69. The minimum Gasteiger partial charge on any atom is -0.445 e. The molecule has 2 aromatic carbocycles. The summed E-state index contributed by atoms with van der Waals surface area (Å²) in [6, 6.07) is 19.9. The van der Waals surface area contributed by atoms with Crippen LogP contribution in [0.25, 0.3) is 0 Å². The molecule has 0 radical (unpaired) electrons. The molecule has 1 fully saturated rings. The monoisotopic (exact) mass is 208 g/mol. The third kappa shape index (κ3) is 1.77. The summed E-state index contributed by atoms with van der Waals surface area (Å²) in [5.74, 6) is 0. The van der Waals surface area contributed by atoms with Crippen molar-refractivity contribution in [2.24, 2.45) is 0 Å². The minimum atomic E-state index is -0.216. The van der Waals surface area contributed by atoms with E-state index in [0.717, 1.165) is 10.9 Å². The van der Waals surface area contributed by atoms with Gasteiger partial charge in [-0.3, -0.25) is 0 Å². The van der Waals surface area contributed by atoms with E-state index < -0.39 is 0 Å². The van der Waals surface area contributed by atoms with Crippen molar-refractivity contribution < 1.29 is 9.14 Å². The van der Waals surface area contributed by atoms with Crippen LogP contribution in [0.3, 0.4) is 0 Å². The highest BCUT2D eigenvalue weighted by Crippen LogP contribution is 2.09. The van der Waals surface area contributed by atoms with E-state index in [-0.39, 0.29) is 14.2 Å². The number of rotatable bonds is 2. The van der Waals surface area contributed by atoms with Gasteiger partial charge < -0.3 is 9.14 Å². The van der Waals surface area contributed by atoms with Gasteiger partial charge in [0.25, 0.3) is 0 Å². The first-order valence-electron chi connectivity index (χ1n) is 5.34. The smallest absolute Gasteiger partial charge is 0.445 e. The van der Waals surface area contributed by atoms with Crippen molar-refractivity contribution in [3.63, 3.8) is 0 Å². The van der Waals surface area contributed by atoms with E-state index in [4.69, 9.17) is 9.14 Å². The Hall–Kier alpha value is -1.51. The molecular weight excluding hydrogens is 198 g/mol. The predicted octanol–water partition coefficient (Wildman–Crippen LogP) is 0.824. The zero-order valence-corrected chi connectivity index (χ0v) is 8.74. The lowest BCUT2D eigenvalue weighted by Crippen LogP contribution is -2.61. The highest BCUT2D eigenvalue weighted by Gasteiger charge is 2.42. The summed E-state index contributed by atoms with van der Waals surface area (Å²) in [6.45, 7) is 0. The summed E-state index contributed by atoms with van der Waals surface area (Å²) in [4.78, 5) is 0. The summed E-state index contributed by atoms with van der Waals surface area (Å²) >= 11 is 0. The Bertz CT molecular complexity index is 411. The highest BCUT2D eigenvalue weighted by atomic mass is 16.7. The van der Waals surface area contributed by atoms with Gasteiger partial charge in [-0.2, -0.15) is 0 Å². The number of benzene rings is 2. The molecular formula is C12H10B2O2. The van der Waals surface area contributed by atoms with Crippen molar-refractivity contribution in [2.45, 2.75) is 0 Å². The number of hydrogen-bond acceptors (Lipinski definition) is 2. The lowest BCUT2D eigenvalue weighted by Gasteiger charge is -2.31. The normalized spacial score (nSPS) is 14.8. The van der Waals surface area contributed by atoms with Crippen molar-refractivity contribution in [2.75, 3.05) is 0 Å². The van der Waals surface area contributed by atoms with Gasteiger partial charge in [0.1, 0.15) is 0 Å². The molecule has 1 aliphatic heterocycles. The molecule has 0 bridgehead atoms. The summed E-state index contributed by atoms with van der Waals surface area (Å²) in [5.41, 5.74) is 2.13. The fourth-order valence-electron chi connectivity index (χ4n) is 1.77. The molecule has 1 heterocycles. The third-order valence-electron chi connectivity index (χ3n) is 2.64. The molecule has 0 atom stereocenters. The summed E-state index contributed by atoms with van der Waals surface area (Å²) in [6.07, 6.45) is 0. The molecule has 2 aromatic rings. The van der Waals surface area contributed by atoms with Crippen LogP contribution < -0.4 is 10.9 Å². The van der Waals surface area contributed by atoms with E-state index in [9.17, 15) is 0 Å². The maximum absolute atomic E-state index is 5.69. The van der Waals surface area contributed by atoms with Crippen LogP contribution in [-0.2, 0) is 9.14 Å². The first-order valence-corrected chi connectivity index (χ1v) is 5.34. The van der Waals surface area contributed by atoms with Crippen molar-refractivity contribution in [3.8, 4) is 0 Å². The SMILES string of the molecule is c1ccc(B2OB(c3ccccc3)O2)cc1. The summed E-state index contributed by atoms with van der Waals surface area (Å²) in [7, 11) is -0.433. The Labute approximate surface area is 95.5 Å². The molecule has 0 unspecified atom stereocenters. The van der Waals surface area contributed by atoms with Gasteiger partial charge in [-0.25, -0.2) is 0 Å². The van der Waals surface area contributed by atoms with Gasteiger partial charge in [-0.05, 0) is 10.9 Å². The van der Waals surface area contributed by atoms with Gasteiger partial charge in [0.15, 0.2) is 0 Å². The lowest BCUT2D eigenvalue weighted by molar-refractivity contribution is 0.308. The molecule has 0 aromatic heterocycles. The van der Waals surface area contributed by atoms with Gasteiger partial charge in [0, 0.05) is 0 Å². The first-order chi connectivity index (χ1) is 7.93. The van der Waals surface area contributed by atoms with Crippen molar-refractivity contribution in [1.82, 2.24) is 0 Å². The first kappa shape index (κ1) is 9.70. The zero-order chi connectivity index (χ0) is 10.8. The second-order valence-corrected chi connectivity index (χ2v) is 3.76. The van der Waals surface area contributed by atoms with E-state index in [1.165, 1.54) is 0 Å². The Kier molecular flexibility index (Phi) is 2.52. The standard InChI is InChI=1S/C12H10B2O2/c1-3-7-11(8-4-1)13-15-14(16-13)12-9-5-2-6-10-12/h1-10H. The van der Waals surface area contributed by atoms with Crippen LogP contribution in [0.2, 0.25) is 0 Å². The highest BCUT2D eigenvalue weighted by molar-refractivity contribution is 6.86. The Morgan fingerprint density at radius 2 is 0.938 bits per heavy atom. The quantitative estimate of drug-likeness (QED) is 0.680. The van der Waals surface area contributed by atoms with Gasteiger partial charge >= 0.3 is 14.2 Å². The van der Waals surface area contributed by atoms with Gasteiger partial charge in [0.2, 0.25) is 0 Å². The topological polar surface area (TPSA) is 18.5 Å². The van der Waals surface area contributed by atoms with E-state index in [0.29, 0.717) is 0 Å². The van der Waals surface area contributed by atoms with Gasteiger partial charge in [-0.15, -0.1) is 0 Å². The van der Waals surface area contributed by atoms with Gasteiger partial charge in [-0.1, -0.05) is 60.7 Å². The average Bonchev–Trinajstić information content (AvgIpc) is 2.30. The summed E-state index contributed by atoms with van der Waals surface area (Å²) < 4.78 is 11.4. The van der Waals surface area contributed by atoms with Crippen LogP contribution in [0.1, 0.15) is 0 Å². The molecule has 2 nitrogen and oxygen atoms in total. The Balaban J connectivity index is 1.68. The zero-order valence-electron chi connectivity index (χ0n) is 8.74. The fourth-order valence-corrected chi connectivity index (χ4v) is 1.77. The second kappa shape index (κ2) is 4.16. The molecule has 76 valence electrons. The Morgan fingerprint density at radius 1 is 0.562 bits per heavy atom. The minimum absolute atomic E-state index is 0.216. The molecule has 0 saturated carbocycles. The van der Waals surface area contributed by atoms with Crippen molar-refractivity contribution in [3.05, 3.63) is 60.7 Å². The van der Waals surface area contributed by atoms with Crippen LogP contribution in [0, 0.1) is 0 Å². The van der Waals surface area contributed by atoms with E-state index in [1.54, 1.807) is 0 Å². The van der Waals surface area contributed by atoms with Crippen LogP contribution >= 0.6 is 0 Å². The molecule has 1 saturated heterocycles. The molecule has 0 aliphatic carbocycles. The third-order valence-corrected chi connectivity index (χ3v) is 2.64. The van der Waals surface area contributed by atoms with Gasteiger partial charge in [0.05, 0.1) is 0 Å². The van der Waals surface area contributed by atoms with E-state index >= 15 is 0 Å². The molecule has 0 amide bonds.